The van der Waals surface area contributed by atoms with Crippen molar-refractivity contribution in [2.24, 2.45) is 0 Å². The second kappa shape index (κ2) is 8.20. The highest BCUT2D eigenvalue weighted by Crippen LogP contribution is 2.17. The molecule has 0 aliphatic heterocycles. The number of nitrogens with one attached hydrogen (secondary N) is 1. The van der Waals surface area contributed by atoms with Crippen LogP contribution in [0.15, 0.2) is 54.6 Å². The Morgan fingerprint density at radius 2 is 1.82 bits per heavy atom. The predicted octanol–water partition coefficient (Wildman–Crippen LogP) is 2.42. The van der Waals surface area contributed by atoms with E-state index in [4.69, 9.17) is 4.74 Å². The van der Waals surface area contributed by atoms with Gasteiger partial charge in [-0.05, 0) is 24.6 Å². The zero-order chi connectivity index (χ0) is 15.8. The standard InChI is InChI=1S/C18H21NO3/c1-2-22-17-11-7-6-10-16(17)18(21)19-13-15(20)12-14-8-4-3-5-9-14/h3-11,15,20H,2,12-13H2,1H3,(H,19,21). The van der Waals surface area contributed by atoms with Crippen LogP contribution in [0.3, 0.4) is 0 Å². The predicted molar refractivity (Wildman–Crippen MR) is 86.1 cm³/mol. The van der Waals surface area contributed by atoms with E-state index in [-0.39, 0.29) is 12.5 Å². The number of hydrogen-bond acceptors (Lipinski definition) is 3. The molecule has 0 aliphatic carbocycles. The molecule has 0 bridgehead atoms. The third kappa shape index (κ3) is 4.60. The van der Waals surface area contributed by atoms with E-state index in [0.29, 0.717) is 24.3 Å². The second-order valence-electron chi connectivity index (χ2n) is 4.98. The first-order valence-corrected chi connectivity index (χ1v) is 7.42. The molecule has 1 atom stereocenters. The quantitative estimate of drug-likeness (QED) is 0.825. The maximum absolute atomic E-state index is 12.2. The van der Waals surface area contributed by atoms with Gasteiger partial charge in [-0.1, -0.05) is 42.5 Å². The van der Waals surface area contributed by atoms with Crippen LogP contribution in [0, 0.1) is 0 Å². The SMILES string of the molecule is CCOc1ccccc1C(=O)NCC(O)Cc1ccccc1. The number of ether oxygens (including phenoxy) is 1. The van der Waals surface area contributed by atoms with Crippen molar-refractivity contribution in [3.05, 3.63) is 65.7 Å². The van der Waals surface area contributed by atoms with Crippen LogP contribution >= 0.6 is 0 Å². The van der Waals surface area contributed by atoms with Gasteiger partial charge in [0.1, 0.15) is 5.75 Å². The average molecular weight is 299 g/mol. The molecule has 0 spiro atoms. The van der Waals surface area contributed by atoms with Crippen LogP contribution in [0.1, 0.15) is 22.8 Å². The van der Waals surface area contributed by atoms with E-state index in [1.165, 1.54) is 0 Å². The van der Waals surface area contributed by atoms with Gasteiger partial charge in [0, 0.05) is 13.0 Å². The number of carbonyl (C=O) groups is 1. The fourth-order valence-corrected chi connectivity index (χ4v) is 2.20. The summed E-state index contributed by atoms with van der Waals surface area (Å²) in [7, 11) is 0. The average Bonchev–Trinajstić information content (AvgIpc) is 2.54. The Labute approximate surface area is 130 Å². The minimum Gasteiger partial charge on any atom is -0.493 e. The first-order valence-electron chi connectivity index (χ1n) is 7.42. The number of rotatable bonds is 7. The first-order chi connectivity index (χ1) is 10.7. The number of amides is 1. The van der Waals surface area contributed by atoms with Gasteiger partial charge in [-0.25, -0.2) is 0 Å². The van der Waals surface area contributed by atoms with Crippen molar-refractivity contribution in [2.75, 3.05) is 13.2 Å². The van der Waals surface area contributed by atoms with E-state index >= 15 is 0 Å². The number of para-hydroxylation sites is 1. The number of hydrogen-bond donors (Lipinski definition) is 2. The normalized spacial score (nSPS) is 11.7. The van der Waals surface area contributed by atoms with Gasteiger partial charge >= 0.3 is 0 Å². The van der Waals surface area contributed by atoms with Crippen molar-refractivity contribution in [2.45, 2.75) is 19.4 Å². The number of carbonyl (C=O) groups excluding carboxylic acids is 1. The number of benzene rings is 2. The summed E-state index contributed by atoms with van der Waals surface area (Å²) in [4.78, 5) is 12.2. The lowest BCUT2D eigenvalue weighted by Crippen LogP contribution is -2.33. The summed E-state index contributed by atoms with van der Waals surface area (Å²) in [5, 5.41) is 12.8. The van der Waals surface area contributed by atoms with Crippen LogP contribution in [0.4, 0.5) is 0 Å². The van der Waals surface area contributed by atoms with Crippen molar-refractivity contribution < 1.29 is 14.6 Å². The molecule has 0 aromatic heterocycles. The van der Waals surface area contributed by atoms with E-state index in [9.17, 15) is 9.90 Å². The molecule has 0 radical (unpaired) electrons. The van der Waals surface area contributed by atoms with E-state index in [1.807, 2.05) is 43.3 Å². The van der Waals surface area contributed by atoms with Crippen molar-refractivity contribution in [3.63, 3.8) is 0 Å². The summed E-state index contributed by atoms with van der Waals surface area (Å²) < 4.78 is 5.44. The third-order valence-corrected chi connectivity index (χ3v) is 3.24. The Bertz CT molecular complexity index is 598. The highest BCUT2D eigenvalue weighted by Gasteiger charge is 2.13. The molecule has 1 unspecified atom stereocenters. The third-order valence-electron chi connectivity index (χ3n) is 3.24. The molecule has 116 valence electrons. The fraction of sp³-hybridized carbons (Fsp3) is 0.278. The molecule has 2 N–H and O–H groups in total. The lowest BCUT2D eigenvalue weighted by molar-refractivity contribution is 0.0912. The topological polar surface area (TPSA) is 58.6 Å². The number of aliphatic hydroxyl groups excluding tert-OH is 1. The lowest BCUT2D eigenvalue weighted by atomic mass is 10.1. The highest BCUT2D eigenvalue weighted by molar-refractivity contribution is 5.96. The Morgan fingerprint density at radius 3 is 2.55 bits per heavy atom. The molecule has 0 saturated heterocycles. The monoisotopic (exact) mass is 299 g/mol. The Kier molecular flexibility index (Phi) is 5.98. The first kappa shape index (κ1) is 16.0. The minimum absolute atomic E-state index is 0.203. The molecule has 0 saturated carbocycles. The van der Waals surface area contributed by atoms with Gasteiger partial charge in [-0.2, -0.15) is 0 Å². The maximum atomic E-state index is 12.2. The van der Waals surface area contributed by atoms with Gasteiger partial charge < -0.3 is 15.2 Å². The summed E-state index contributed by atoms with van der Waals surface area (Å²) in [6.07, 6.45) is -0.112. The maximum Gasteiger partial charge on any atom is 0.255 e. The molecule has 22 heavy (non-hydrogen) atoms. The van der Waals surface area contributed by atoms with Crippen molar-refractivity contribution >= 4 is 5.91 Å². The molecule has 0 heterocycles. The van der Waals surface area contributed by atoms with Crippen LogP contribution in [0.5, 0.6) is 5.75 Å². The van der Waals surface area contributed by atoms with Crippen LogP contribution in [0.2, 0.25) is 0 Å². The smallest absolute Gasteiger partial charge is 0.255 e. The highest BCUT2D eigenvalue weighted by atomic mass is 16.5. The minimum atomic E-state index is -0.620. The molecular weight excluding hydrogens is 278 g/mol. The molecule has 0 fully saturated rings. The van der Waals surface area contributed by atoms with Crippen LogP contribution in [0.25, 0.3) is 0 Å². The van der Waals surface area contributed by atoms with Gasteiger partial charge in [0.15, 0.2) is 0 Å². The van der Waals surface area contributed by atoms with Gasteiger partial charge in [0.2, 0.25) is 0 Å². The second-order valence-corrected chi connectivity index (χ2v) is 4.98. The zero-order valence-corrected chi connectivity index (χ0v) is 12.7. The van der Waals surface area contributed by atoms with E-state index < -0.39 is 6.10 Å². The van der Waals surface area contributed by atoms with Crippen molar-refractivity contribution in [1.82, 2.24) is 5.32 Å². The van der Waals surface area contributed by atoms with Crippen LogP contribution in [-0.4, -0.2) is 30.3 Å². The van der Waals surface area contributed by atoms with Crippen molar-refractivity contribution in [3.8, 4) is 5.75 Å². The lowest BCUT2D eigenvalue weighted by Gasteiger charge is -2.14. The molecule has 4 heteroatoms. The molecule has 2 aromatic rings. The van der Waals surface area contributed by atoms with Gasteiger partial charge in [0.25, 0.3) is 5.91 Å². The zero-order valence-electron chi connectivity index (χ0n) is 12.7. The van der Waals surface area contributed by atoms with Crippen LogP contribution in [-0.2, 0) is 6.42 Å². The summed E-state index contributed by atoms with van der Waals surface area (Å²) in [6, 6.07) is 16.8. The van der Waals surface area contributed by atoms with E-state index in [1.54, 1.807) is 18.2 Å². The Morgan fingerprint density at radius 1 is 1.14 bits per heavy atom. The largest absolute Gasteiger partial charge is 0.493 e. The Balaban J connectivity index is 1.90. The van der Waals surface area contributed by atoms with Gasteiger partial charge in [-0.3, -0.25) is 4.79 Å². The van der Waals surface area contributed by atoms with Crippen molar-refractivity contribution in [1.29, 1.82) is 0 Å². The number of aliphatic hydroxyl groups is 1. The summed E-state index contributed by atoms with van der Waals surface area (Å²) in [5.41, 5.74) is 1.52. The van der Waals surface area contributed by atoms with Gasteiger partial charge in [0.05, 0.1) is 18.3 Å². The molecular formula is C18H21NO3. The molecule has 2 aromatic carbocycles. The fourth-order valence-electron chi connectivity index (χ4n) is 2.20. The molecule has 2 rings (SSSR count). The summed E-state index contributed by atoms with van der Waals surface area (Å²) in [6.45, 7) is 2.58. The van der Waals surface area contributed by atoms with Crippen LogP contribution < -0.4 is 10.1 Å². The Hall–Kier alpha value is -2.33. The van der Waals surface area contributed by atoms with E-state index in [2.05, 4.69) is 5.32 Å². The summed E-state index contributed by atoms with van der Waals surface area (Å²) >= 11 is 0. The molecule has 1 amide bonds. The van der Waals surface area contributed by atoms with E-state index in [0.717, 1.165) is 5.56 Å². The molecule has 4 nitrogen and oxygen atoms in total. The van der Waals surface area contributed by atoms with Gasteiger partial charge in [-0.15, -0.1) is 0 Å². The summed E-state index contributed by atoms with van der Waals surface area (Å²) in [5.74, 6) is 0.316. The molecule has 0 aliphatic rings.